The van der Waals surface area contributed by atoms with Gasteiger partial charge in [-0.1, -0.05) is 30.3 Å². The summed E-state index contributed by atoms with van der Waals surface area (Å²) in [5.74, 6) is 0.271. The smallest absolute Gasteiger partial charge is 0.317 e. The number of likely N-dealkylation sites (tertiary alicyclic amines) is 2. The van der Waals surface area contributed by atoms with E-state index in [1.54, 1.807) is 0 Å². The van der Waals surface area contributed by atoms with Crippen LogP contribution in [-0.4, -0.2) is 67.2 Å². The van der Waals surface area contributed by atoms with Gasteiger partial charge in [-0.05, 0) is 49.5 Å². The Labute approximate surface area is 173 Å². The van der Waals surface area contributed by atoms with Crippen molar-refractivity contribution in [1.82, 2.24) is 15.1 Å². The highest BCUT2D eigenvalue weighted by Gasteiger charge is 2.42. The van der Waals surface area contributed by atoms with E-state index in [1.807, 2.05) is 28.0 Å². The number of carbonyl (C=O) groups is 2. The molecule has 3 saturated heterocycles. The fraction of sp³-hybridized carbons (Fsp3) is 0.652. The van der Waals surface area contributed by atoms with Gasteiger partial charge in [0.1, 0.15) is 0 Å². The highest BCUT2D eigenvalue weighted by Crippen LogP contribution is 2.40. The van der Waals surface area contributed by atoms with Crippen LogP contribution in [0.5, 0.6) is 0 Å². The molecule has 1 aromatic rings. The van der Waals surface area contributed by atoms with E-state index in [2.05, 4.69) is 17.4 Å². The van der Waals surface area contributed by atoms with E-state index in [0.29, 0.717) is 13.0 Å². The Hall–Kier alpha value is -2.08. The zero-order valence-corrected chi connectivity index (χ0v) is 17.3. The van der Waals surface area contributed by atoms with Gasteiger partial charge in [-0.2, -0.15) is 0 Å². The maximum absolute atomic E-state index is 12.5. The van der Waals surface area contributed by atoms with Crippen molar-refractivity contribution < 1.29 is 14.3 Å². The Kier molecular flexibility index (Phi) is 6.38. The van der Waals surface area contributed by atoms with Crippen molar-refractivity contribution in [3.05, 3.63) is 35.9 Å². The maximum atomic E-state index is 12.5. The van der Waals surface area contributed by atoms with E-state index in [-0.39, 0.29) is 23.5 Å². The van der Waals surface area contributed by atoms with Crippen LogP contribution in [0.25, 0.3) is 0 Å². The lowest BCUT2D eigenvalue weighted by molar-refractivity contribution is -0.140. The first kappa shape index (κ1) is 20.2. The van der Waals surface area contributed by atoms with Gasteiger partial charge >= 0.3 is 6.03 Å². The second-order valence-electron chi connectivity index (χ2n) is 8.86. The van der Waals surface area contributed by atoms with Crippen molar-refractivity contribution in [1.29, 1.82) is 0 Å². The summed E-state index contributed by atoms with van der Waals surface area (Å²) in [6, 6.07) is 10.3. The first-order valence-corrected chi connectivity index (χ1v) is 11.1. The summed E-state index contributed by atoms with van der Waals surface area (Å²) >= 11 is 0. The summed E-state index contributed by atoms with van der Waals surface area (Å²) in [5.41, 5.74) is 1.41. The molecule has 0 aromatic heterocycles. The number of hydrogen-bond acceptors (Lipinski definition) is 3. The van der Waals surface area contributed by atoms with E-state index < -0.39 is 0 Å². The third-order valence-electron chi connectivity index (χ3n) is 6.84. The molecule has 29 heavy (non-hydrogen) atoms. The van der Waals surface area contributed by atoms with Crippen molar-refractivity contribution in [3.63, 3.8) is 0 Å². The average molecular weight is 400 g/mol. The lowest BCUT2D eigenvalue weighted by atomic mass is 9.72. The van der Waals surface area contributed by atoms with Gasteiger partial charge in [0, 0.05) is 45.8 Å². The predicted molar refractivity (Wildman–Crippen MR) is 112 cm³/mol. The van der Waals surface area contributed by atoms with Crippen LogP contribution in [0.2, 0.25) is 0 Å². The molecule has 0 aliphatic carbocycles. The van der Waals surface area contributed by atoms with E-state index in [4.69, 9.17) is 4.74 Å². The number of hydrogen-bond donors (Lipinski definition) is 1. The Morgan fingerprint density at radius 2 is 1.97 bits per heavy atom. The van der Waals surface area contributed by atoms with Gasteiger partial charge in [-0.25, -0.2) is 4.79 Å². The van der Waals surface area contributed by atoms with Gasteiger partial charge < -0.3 is 19.9 Å². The third-order valence-corrected chi connectivity index (χ3v) is 6.84. The zero-order valence-electron chi connectivity index (χ0n) is 17.3. The zero-order chi connectivity index (χ0) is 20.1. The maximum Gasteiger partial charge on any atom is 0.317 e. The Bertz CT molecular complexity index is 695. The summed E-state index contributed by atoms with van der Waals surface area (Å²) in [5, 5.41) is 3.06. The largest absolute Gasteiger partial charge is 0.376 e. The third kappa shape index (κ3) is 5.10. The van der Waals surface area contributed by atoms with Crippen molar-refractivity contribution in [2.45, 2.75) is 51.0 Å². The molecule has 1 aromatic carbocycles. The molecule has 0 radical (unpaired) electrons. The summed E-state index contributed by atoms with van der Waals surface area (Å²) in [7, 11) is 0. The first-order valence-electron chi connectivity index (χ1n) is 11.1. The molecule has 3 heterocycles. The molecule has 1 spiro atoms. The number of ether oxygens (including phenoxy) is 1. The second-order valence-corrected chi connectivity index (χ2v) is 8.86. The Morgan fingerprint density at radius 1 is 1.17 bits per heavy atom. The van der Waals surface area contributed by atoms with Gasteiger partial charge in [0.05, 0.1) is 6.10 Å². The highest BCUT2D eigenvalue weighted by molar-refractivity contribution is 5.77. The average Bonchev–Trinajstić information content (AvgIpc) is 3.25. The highest BCUT2D eigenvalue weighted by atomic mass is 16.5. The van der Waals surface area contributed by atoms with Crippen molar-refractivity contribution in [2.24, 2.45) is 5.41 Å². The SMILES string of the molecule is O=C1CCC2(CCN(C(=O)NCCc3ccccc3)CC2)CN1C[C@@H]1CCCO1. The molecule has 0 unspecified atom stereocenters. The molecule has 3 amide bonds. The first-order chi connectivity index (χ1) is 14.1. The Balaban J connectivity index is 1.23. The summed E-state index contributed by atoms with van der Waals surface area (Å²) < 4.78 is 5.74. The van der Waals surface area contributed by atoms with Crippen LogP contribution in [0, 0.1) is 5.41 Å². The van der Waals surface area contributed by atoms with Crippen LogP contribution in [0.3, 0.4) is 0 Å². The number of nitrogens with zero attached hydrogens (tertiary/aromatic N) is 2. The molecule has 4 rings (SSSR count). The molecule has 6 heteroatoms. The lowest BCUT2D eigenvalue weighted by Gasteiger charge is -2.47. The second kappa shape index (κ2) is 9.16. The summed E-state index contributed by atoms with van der Waals surface area (Å²) in [4.78, 5) is 28.9. The van der Waals surface area contributed by atoms with E-state index in [0.717, 1.165) is 71.3 Å². The molecule has 3 fully saturated rings. The van der Waals surface area contributed by atoms with Crippen LogP contribution >= 0.6 is 0 Å². The lowest BCUT2D eigenvalue weighted by Crippen LogP contribution is -2.54. The Morgan fingerprint density at radius 3 is 2.69 bits per heavy atom. The van der Waals surface area contributed by atoms with Gasteiger partial charge in [0.2, 0.25) is 5.91 Å². The van der Waals surface area contributed by atoms with Crippen molar-refractivity contribution in [2.75, 3.05) is 39.3 Å². The molecule has 3 aliphatic heterocycles. The van der Waals surface area contributed by atoms with Crippen LogP contribution in [0.15, 0.2) is 30.3 Å². The topological polar surface area (TPSA) is 61.9 Å². The van der Waals surface area contributed by atoms with E-state index >= 15 is 0 Å². The van der Waals surface area contributed by atoms with Crippen LogP contribution in [-0.2, 0) is 16.0 Å². The van der Waals surface area contributed by atoms with Gasteiger partial charge in [0.15, 0.2) is 0 Å². The minimum atomic E-state index is 0.0406. The molecule has 158 valence electrons. The monoisotopic (exact) mass is 399 g/mol. The van der Waals surface area contributed by atoms with Gasteiger partial charge in [-0.15, -0.1) is 0 Å². The molecule has 0 bridgehead atoms. The normalized spacial score (nSPS) is 24.1. The van der Waals surface area contributed by atoms with Crippen LogP contribution < -0.4 is 5.32 Å². The number of nitrogens with one attached hydrogen (secondary N) is 1. The van der Waals surface area contributed by atoms with Crippen LogP contribution in [0.1, 0.15) is 44.1 Å². The van der Waals surface area contributed by atoms with Crippen molar-refractivity contribution in [3.8, 4) is 0 Å². The molecule has 1 atom stereocenters. The number of carbonyl (C=O) groups excluding carboxylic acids is 2. The minimum Gasteiger partial charge on any atom is -0.376 e. The van der Waals surface area contributed by atoms with E-state index in [1.165, 1.54) is 5.56 Å². The summed E-state index contributed by atoms with van der Waals surface area (Å²) in [6.07, 6.45) is 6.78. The predicted octanol–water partition coefficient (Wildman–Crippen LogP) is 2.82. The molecular formula is C23H33N3O3. The van der Waals surface area contributed by atoms with E-state index in [9.17, 15) is 9.59 Å². The minimum absolute atomic E-state index is 0.0406. The quantitative estimate of drug-likeness (QED) is 0.828. The fourth-order valence-corrected chi connectivity index (χ4v) is 4.97. The standard InChI is InChI=1S/C23H33N3O3/c27-21-8-10-23(18-26(21)17-20-7-4-16-29-20)11-14-25(15-12-23)22(28)24-13-9-19-5-2-1-3-6-19/h1-3,5-6,20H,4,7-18H2,(H,24,28)/t20-/m0/s1. The number of benzene rings is 1. The fourth-order valence-electron chi connectivity index (χ4n) is 4.97. The molecule has 1 N–H and O–H groups in total. The molecule has 6 nitrogen and oxygen atoms in total. The molecular weight excluding hydrogens is 366 g/mol. The number of piperidine rings is 2. The number of amides is 3. The number of rotatable bonds is 5. The number of urea groups is 1. The summed E-state index contributed by atoms with van der Waals surface area (Å²) in [6.45, 7) is 4.61. The molecule has 0 saturated carbocycles. The van der Waals surface area contributed by atoms with Gasteiger partial charge in [0.25, 0.3) is 0 Å². The van der Waals surface area contributed by atoms with Gasteiger partial charge in [-0.3, -0.25) is 4.79 Å². The van der Waals surface area contributed by atoms with Crippen molar-refractivity contribution >= 4 is 11.9 Å². The molecule has 3 aliphatic rings. The van der Waals surface area contributed by atoms with Crippen LogP contribution in [0.4, 0.5) is 4.79 Å².